The number of methoxy groups -OCH3 is 1. The fourth-order valence-electron chi connectivity index (χ4n) is 2.00. The van der Waals surface area contributed by atoms with Gasteiger partial charge in [0.25, 0.3) is 0 Å². The van der Waals surface area contributed by atoms with E-state index in [1.807, 2.05) is 6.92 Å². The summed E-state index contributed by atoms with van der Waals surface area (Å²) in [6, 6.07) is 1.67. The first-order valence-electron chi connectivity index (χ1n) is 7.80. The molecule has 1 amide bonds. The van der Waals surface area contributed by atoms with Crippen LogP contribution in [0.2, 0.25) is 0 Å². The average molecular weight is 322 g/mol. The first-order valence-corrected chi connectivity index (χ1v) is 7.80. The molecule has 0 saturated heterocycles. The van der Waals surface area contributed by atoms with Gasteiger partial charge in [0.15, 0.2) is 0 Å². The first-order chi connectivity index (χ1) is 10.8. The molecule has 0 saturated carbocycles. The number of nitrogens with one attached hydrogen (secondary N) is 1. The zero-order valence-corrected chi connectivity index (χ0v) is 14.6. The van der Waals surface area contributed by atoms with Crippen LogP contribution in [-0.2, 0) is 16.0 Å². The Morgan fingerprint density at radius 1 is 1.30 bits per heavy atom. The fraction of sp³-hybridized carbons (Fsp3) is 0.588. The van der Waals surface area contributed by atoms with Crippen LogP contribution in [0.5, 0.6) is 5.75 Å². The number of ketones is 1. The van der Waals surface area contributed by atoms with Gasteiger partial charge in [0.05, 0.1) is 7.11 Å². The van der Waals surface area contributed by atoms with E-state index in [2.05, 4.69) is 10.3 Å². The van der Waals surface area contributed by atoms with Gasteiger partial charge >= 0.3 is 6.09 Å². The number of carbonyl (C=O) groups excluding carboxylic acids is 2. The largest absolute Gasteiger partial charge is 0.496 e. The van der Waals surface area contributed by atoms with Crippen molar-refractivity contribution in [1.29, 1.82) is 0 Å². The van der Waals surface area contributed by atoms with Gasteiger partial charge in [-0.3, -0.25) is 10.1 Å². The summed E-state index contributed by atoms with van der Waals surface area (Å²) in [5.41, 5.74) is -0.0398. The fourth-order valence-corrected chi connectivity index (χ4v) is 2.00. The molecule has 128 valence electrons. The molecule has 6 nitrogen and oxygen atoms in total. The minimum absolute atomic E-state index is 0.0883. The number of ether oxygens (including phenoxy) is 2. The molecule has 0 bridgehead atoms. The highest BCUT2D eigenvalue weighted by molar-refractivity contribution is 5.88. The normalized spacial score (nSPS) is 11.0. The Labute approximate surface area is 137 Å². The topological polar surface area (TPSA) is 77.5 Å². The molecule has 23 heavy (non-hydrogen) atoms. The minimum atomic E-state index is -0.611. The first kappa shape index (κ1) is 18.9. The van der Waals surface area contributed by atoms with Gasteiger partial charge in [-0.25, -0.2) is 9.78 Å². The quantitative estimate of drug-likeness (QED) is 0.827. The number of hydrogen-bond donors (Lipinski definition) is 1. The summed E-state index contributed by atoms with van der Waals surface area (Å²) in [5.74, 6) is 0.907. The van der Waals surface area contributed by atoms with E-state index in [1.165, 1.54) is 13.3 Å². The predicted molar refractivity (Wildman–Crippen MR) is 88.9 cm³/mol. The molecule has 0 aliphatic rings. The van der Waals surface area contributed by atoms with Crippen LogP contribution in [0.1, 0.15) is 52.5 Å². The van der Waals surface area contributed by atoms with Crippen LogP contribution in [0.4, 0.5) is 10.6 Å². The molecule has 0 unspecified atom stereocenters. The van der Waals surface area contributed by atoms with Gasteiger partial charge in [0.1, 0.15) is 23.0 Å². The van der Waals surface area contributed by atoms with E-state index in [1.54, 1.807) is 26.8 Å². The highest BCUT2D eigenvalue weighted by Gasteiger charge is 2.20. The molecule has 0 aromatic carbocycles. The SMILES string of the molecule is CCCCC(=O)Cc1c(OC)ccnc1NC(=O)OC(C)(C)C. The molecule has 1 N–H and O–H groups in total. The molecule has 1 heterocycles. The number of nitrogens with zero attached hydrogens (tertiary/aromatic N) is 1. The van der Waals surface area contributed by atoms with E-state index in [9.17, 15) is 9.59 Å². The maximum atomic E-state index is 12.1. The van der Waals surface area contributed by atoms with E-state index in [0.717, 1.165) is 12.8 Å². The number of amides is 1. The molecule has 0 aliphatic heterocycles. The van der Waals surface area contributed by atoms with E-state index >= 15 is 0 Å². The molecule has 1 rings (SSSR count). The minimum Gasteiger partial charge on any atom is -0.496 e. The van der Waals surface area contributed by atoms with Gasteiger partial charge in [-0.15, -0.1) is 0 Å². The molecule has 0 spiro atoms. The van der Waals surface area contributed by atoms with Crippen LogP contribution in [0.3, 0.4) is 0 Å². The molecular weight excluding hydrogens is 296 g/mol. The van der Waals surface area contributed by atoms with Crippen LogP contribution in [0.25, 0.3) is 0 Å². The third-order valence-electron chi connectivity index (χ3n) is 3.04. The van der Waals surface area contributed by atoms with Crippen molar-refractivity contribution in [2.45, 2.75) is 59.0 Å². The number of hydrogen-bond acceptors (Lipinski definition) is 5. The Bertz CT molecular complexity index is 550. The van der Waals surface area contributed by atoms with Gasteiger partial charge in [-0.05, 0) is 33.3 Å². The maximum Gasteiger partial charge on any atom is 0.413 e. The van der Waals surface area contributed by atoms with Crippen LogP contribution < -0.4 is 10.1 Å². The zero-order chi connectivity index (χ0) is 17.5. The number of anilines is 1. The third-order valence-corrected chi connectivity index (χ3v) is 3.04. The van der Waals surface area contributed by atoms with Crippen molar-refractivity contribution < 1.29 is 19.1 Å². The van der Waals surface area contributed by atoms with Gasteiger partial charge in [0, 0.05) is 24.6 Å². The van der Waals surface area contributed by atoms with Crippen LogP contribution in [-0.4, -0.2) is 29.6 Å². The van der Waals surface area contributed by atoms with Crippen molar-refractivity contribution in [2.75, 3.05) is 12.4 Å². The summed E-state index contributed by atoms with van der Waals surface area (Å²) in [7, 11) is 1.52. The van der Waals surface area contributed by atoms with Crippen molar-refractivity contribution in [3.05, 3.63) is 17.8 Å². The lowest BCUT2D eigenvalue weighted by Gasteiger charge is -2.20. The van der Waals surface area contributed by atoms with E-state index in [0.29, 0.717) is 23.6 Å². The van der Waals surface area contributed by atoms with Crippen LogP contribution >= 0.6 is 0 Å². The number of pyridine rings is 1. The molecular formula is C17H26N2O4. The van der Waals surface area contributed by atoms with Crippen LogP contribution in [0, 0.1) is 0 Å². The van der Waals surface area contributed by atoms with Crippen molar-refractivity contribution >= 4 is 17.7 Å². The van der Waals surface area contributed by atoms with E-state index in [4.69, 9.17) is 9.47 Å². The van der Waals surface area contributed by atoms with E-state index < -0.39 is 11.7 Å². The van der Waals surface area contributed by atoms with Crippen molar-refractivity contribution in [2.24, 2.45) is 0 Å². The second-order valence-corrected chi connectivity index (χ2v) is 6.29. The Morgan fingerprint density at radius 3 is 2.57 bits per heavy atom. The number of unbranched alkanes of at least 4 members (excludes halogenated alkanes) is 1. The van der Waals surface area contributed by atoms with Crippen LogP contribution in [0.15, 0.2) is 12.3 Å². The van der Waals surface area contributed by atoms with Crippen molar-refractivity contribution in [1.82, 2.24) is 4.98 Å². The Hall–Kier alpha value is -2.11. The Balaban J connectivity index is 2.94. The maximum absolute atomic E-state index is 12.1. The lowest BCUT2D eigenvalue weighted by Crippen LogP contribution is -2.28. The second-order valence-electron chi connectivity index (χ2n) is 6.29. The molecule has 1 aromatic rings. The zero-order valence-electron chi connectivity index (χ0n) is 14.6. The summed E-state index contributed by atoms with van der Waals surface area (Å²) >= 11 is 0. The second kappa shape index (κ2) is 8.50. The average Bonchev–Trinajstić information content (AvgIpc) is 2.44. The molecule has 0 fully saturated rings. The van der Waals surface area contributed by atoms with Gasteiger partial charge < -0.3 is 9.47 Å². The molecule has 0 radical (unpaired) electrons. The third kappa shape index (κ3) is 6.67. The molecule has 1 aromatic heterocycles. The number of carbonyl (C=O) groups is 2. The highest BCUT2D eigenvalue weighted by atomic mass is 16.6. The van der Waals surface area contributed by atoms with E-state index in [-0.39, 0.29) is 12.2 Å². The molecule has 6 heteroatoms. The molecule has 0 atom stereocenters. The molecule has 0 aliphatic carbocycles. The van der Waals surface area contributed by atoms with Crippen molar-refractivity contribution in [3.63, 3.8) is 0 Å². The lowest BCUT2D eigenvalue weighted by atomic mass is 10.0. The number of rotatable bonds is 7. The Kier molecular flexibility index (Phi) is 7.00. The summed E-state index contributed by atoms with van der Waals surface area (Å²) in [6.07, 6.45) is 3.38. The van der Waals surface area contributed by atoms with Crippen molar-refractivity contribution in [3.8, 4) is 5.75 Å². The summed E-state index contributed by atoms with van der Waals surface area (Å²) < 4.78 is 10.5. The number of Topliss-reactive ketones (excluding diaryl/α,β-unsaturated/α-hetero) is 1. The van der Waals surface area contributed by atoms with Gasteiger partial charge in [-0.2, -0.15) is 0 Å². The van der Waals surface area contributed by atoms with Gasteiger partial charge in [0.2, 0.25) is 0 Å². The van der Waals surface area contributed by atoms with Gasteiger partial charge in [-0.1, -0.05) is 13.3 Å². The number of aromatic nitrogens is 1. The smallest absolute Gasteiger partial charge is 0.413 e. The monoisotopic (exact) mass is 322 g/mol. The summed E-state index contributed by atoms with van der Waals surface area (Å²) in [5, 5.41) is 2.60. The standard InChI is InChI=1S/C17H26N2O4/c1-6-7-8-12(20)11-13-14(22-5)9-10-18-15(13)19-16(21)23-17(2,3)4/h9-10H,6-8,11H2,1-5H3,(H,18,19,21). The Morgan fingerprint density at radius 2 is 2.00 bits per heavy atom. The highest BCUT2D eigenvalue weighted by Crippen LogP contribution is 2.26. The lowest BCUT2D eigenvalue weighted by molar-refractivity contribution is -0.118. The predicted octanol–water partition coefficient (Wildman–Crippen LogP) is 3.74. The summed E-state index contributed by atoms with van der Waals surface area (Å²) in [4.78, 5) is 28.2. The summed E-state index contributed by atoms with van der Waals surface area (Å²) in [6.45, 7) is 7.37.